The summed E-state index contributed by atoms with van der Waals surface area (Å²) in [6, 6.07) is 16.1. The van der Waals surface area contributed by atoms with Gasteiger partial charge in [-0.2, -0.15) is 0 Å². The number of hydrogen-bond donors (Lipinski definition) is 0. The minimum atomic E-state index is 0.0209. The number of hydrogen-bond acceptors (Lipinski definition) is 6. The molecule has 0 bridgehead atoms. The quantitative estimate of drug-likeness (QED) is 0.460. The number of pyridine rings is 4. The van der Waals surface area contributed by atoms with Crippen LogP contribution in [0.1, 0.15) is 22.6 Å². The molecule has 0 aliphatic rings. The third-order valence-corrected chi connectivity index (χ3v) is 5.10. The van der Waals surface area contributed by atoms with Crippen LogP contribution in [-0.4, -0.2) is 34.1 Å². The highest BCUT2D eigenvalue weighted by molar-refractivity contribution is 5.61. The van der Waals surface area contributed by atoms with E-state index in [0.717, 1.165) is 34.6 Å². The van der Waals surface area contributed by atoms with E-state index in [9.17, 15) is 0 Å². The number of rotatable bonds is 7. The summed E-state index contributed by atoms with van der Waals surface area (Å²) >= 11 is 0. The van der Waals surface area contributed by atoms with Crippen LogP contribution < -0.4 is 9.64 Å². The van der Waals surface area contributed by atoms with E-state index in [4.69, 9.17) is 4.74 Å². The van der Waals surface area contributed by atoms with Crippen LogP contribution in [0.5, 0.6) is 5.88 Å². The van der Waals surface area contributed by atoms with Crippen molar-refractivity contribution < 1.29 is 4.74 Å². The molecule has 1 unspecified atom stereocenters. The molecule has 0 aliphatic heterocycles. The molecule has 4 rings (SSSR count). The Morgan fingerprint density at radius 3 is 2.33 bits per heavy atom. The van der Waals surface area contributed by atoms with Gasteiger partial charge in [0.1, 0.15) is 5.82 Å². The van der Waals surface area contributed by atoms with E-state index in [0.29, 0.717) is 5.88 Å². The SMILES string of the molecule is COc1ncccc1C(Cc1cccnc1N(C)c1cccnc1)c1cccnc1. The lowest BCUT2D eigenvalue weighted by Gasteiger charge is -2.24. The fourth-order valence-corrected chi connectivity index (χ4v) is 3.61. The Balaban J connectivity index is 1.76. The third kappa shape index (κ3) is 4.12. The van der Waals surface area contributed by atoms with Crippen molar-refractivity contribution in [3.63, 3.8) is 0 Å². The molecule has 0 aromatic carbocycles. The highest BCUT2D eigenvalue weighted by atomic mass is 16.5. The van der Waals surface area contributed by atoms with Crippen molar-refractivity contribution in [1.29, 1.82) is 0 Å². The molecule has 1 atom stereocenters. The Hall–Kier alpha value is -3.80. The van der Waals surface area contributed by atoms with E-state index >= 15 is 0 Å². The van der Waals surface area contributed by atoms with Crippen LogP contribution in [0.2, 0.25) is 0 Å². The van der Waals surface area contributed by atoms with Crippen molar-refractivity contribution >= 4 is 11.5 Å². The van der Waals surface area contributed by atoms with Gasteiger partial charge in [-0.3, -0.25) is 9.97 Å². The Bertz CT molecular complexity index is 1090. The number of aromatic nitrogens is 4. The van der Waals surface area contributed by atoms with Crippen LogP contribution in [0, 0.1) is 0 Å². The van der Waals surface area contributed by atoms with Gasteiger partial charge in [-0.15, -0.1) is 0 Å². The summed E-state index contributed by atoms with van der Waals surface area (Å²) < 4.78 is 5.57. The average Bonchev–Trinajstić information content (AvgIpc) is 2.83. The van der Waals surface area contributed by atoms with Gasteiger partial charge in [-0.25, -0.2) is 9.97 Å². The monoisotopic (exact) mass is 397 g/mol. The fourth-order valence-electron chi connectivity index (χ4n) is 3.61. The molecule has 4 aromatic rings. The normalized spacial score (nSPS) is 11.7. The molecule has 4 heterocycles. The van der Waals surface area contributed by atoms with Crippen molar-refractivity contribution in [3.05, 3.63) is 102 Å². The molecule has 6 heteroatoms. The van der Waals surface area contributed by atoms with Gasteiger partial charge in [0.2, 0.25) is 5.88 Å². The first kappa shape index (κ1) is 19.5. The summed E-state index contributed by atoms with van der Waals surface area (Å²) in [4.78, 5) is 19.7. The molecule has 0 amide bonds. The van der Waals surface area contributed by atoms with Crippen LogP contribution in [0.3, 0.4) is 0 Å². The Morgan fingerprint density at radius 1 is 0.867 bits per heavy atom. The minimum Gasteiger partial charge on any atom is -0.481 e. The van der Waals surface area contributed by atoms with Gasteiger partial charge in [-0.1, -0.05) is 18.2 Å². The summed E-state index contributed by atoms with van der Waals surface area (Å²) in [5.41, 5.74) is 4.22. The van der Waals surface area contributed by atoms with Crippen LogP contribution in [-0.2, 0) is 6.42 Å². The van der Waals surface area contributed by atoms with E-state index in [-0.39, 0.29) is 5.92 Å². The largest absolute Gasteiger partial charge is 0.481 e. The molecule has 0 radical (unpaired) electrons. The van der Waals surface area contributed by atoms with Crippen molar-refractivity contribution in [2.45, 2.75) is 12.3 Å². The van der Waals surface area contributed by atoms with Crippen LogP contribution in [0.4, 0.5) is 11.5 Å². The zero-order valence-electron chi connectivity index (χ0n) is 17.0. The highest BCUT2D eigenvalue weighted by Gasteiger charge is 2.22. The molecule has 150 valence electrons. The molecule has 0 saturated heterocycles. The Labute approximate surface area is 176 Å². The Kier molecular flexibility index (Phi) is 5.94. The van der Waals surface area contributed by atoms with Gasteiger partial charge < -0.3 is 9.64 Å². The molecule has 0 N–H and O–H groups in total. The molecule has 0 fully saturated rings. The molecule has 6 nitrogen and oxygen atoms in total. The van der Waals surface area contributed by atoms with Gasteiger partial charge in [-0.05, 0) is 47.9 Å². The zero-order valence-corrected chi connectivity index (χ0v) is 17.0. The second-order valence-electron chi connectivity index (χ2n) is 6.90. The highest BCUT2D eigenvalue weighted by Crippen LogP contribution is 2.35. The second-order valence-corrected chi connectivity index (χ2v) is 6.90. The molecule has 30 heavy (non-hydrogen) atoms. The van der Waals surface area contributed by atoms with Crippen LogP contribution >= 0.6 is 0 Å². The van der Waals surface area contributed by atoms with Crippen LogP contribution in [0.15, 0.2) is 85.7 Å². The summed E-state index contributed by atoms with van der Waals surface area (Å²) in [5, 5.41) is 0. The molecule has 4 aromatic heterocycles. The maximum atomic E-state index is 5.57. The third-order valence-electron chi connectivity index (χ3n) is 5.10. The number of methoxy groups -OCH3 is 1. The van der Waals surface area contributed by atoms with E-state index < -0.39 is 0 Å². The standard InChI is InChI=1S/C24H23N5O/c1-29(20-9-5-12-26-17-20)23-18(7-4-13-27-23)15-22(19-8-3-11-25-16-19)21-10-6-14-28-24(21)30-2/h3-14,16-17,22H,15H2,1-2H3. The fraction of sp³-hybridized carbons (Fsp3) is 0.167. The predicted molar refractivity (Wildman–Crippen MR) is 117 cm³/mol. The molecule has 0 spiro atoms. The van der Waals surface area contributed by atoms with Crippen molar-refractivity contribution in [2.24, 2.45) is 0 Å². The first-order valence-corrected chi connectivity index (χ1v) is 9.74. The minimum absolute atomic E-state index is 0.0209. The summed E-state index contributed by atoms with van der Waals surface area (Å²) in [6.07, 6.45) is 11.6. The van der Waals surface area contributed by atoms with Crippen molar-refractivity contribution in [1.82, 2.24) is 19.9 Å². The summed E-state index contributed by atoms with van der Waals surface area (Å²) in [5.74, 6) is 1.53. The smallest absolute Gasteiger partial charge is 0.216 e. The van der Waals surface area contributed by atoms with Gasteiger partial charge in [0.05, 0.1) is 19.0 Å². The molecular formula is C24H23N5O. The first-order chi connectivity index (χ1) is 14.8. The van der Waals surface area contributed by atoms with E-state index in [1.165, 1.54) is 0 Å². The predicted octanol–water partition coefficient (Wildman–Crippen LogP) is 4.42. The van der Waals surface area contributed by atoms with Crippen molar-refractivity contribution in [3.8, 4) is 5.88 Å². The number of nitrogens with zero attached hydrogens (tertiary/aromatic N) is 5. The van der Waals surface area contributed by atoms with Gasteiger partial charge in [0.15, 0.2) is 0 Å². The number of ether oxygens (including phenoxy) is 1. The van der Waals surface area contributed by atoms with E-state index in [1.54, 1.807) is 25.7 Å². The molecular weight excluding hydrogens is 374 g/mol. The van der Waals surface area contributed by atoms with Gasteiger partial charge >= 0.3 is 0 Å². The first-order valence-electron chi connectivity index (χ1n) is 9.74. The molecule has 0 saturated carbocycles. The Morgan fingerprint density at radius 2 is 1.60 bits per heavy atom. The van der Waals surface area contributed by atoms with Crippen LogP contribution in [0.25, 0.3) is 0 Å². The maximum Gasteiger partial charge on any atom is 0.216 e. The molecule has 0 aliphatic carbocycles. The maximum absolute atomic E-state index is 5.57. The van der Waals surface area contributed by atoms with Crippen molar-refractivity contribution in [2.75, 3.05) is 19.1 Å². The topological polar surface area (TPSA) is 64.0 Å². The van der Waals surface area contributed by atoms with E-state index in [1.807, 2.05) is 56.0 Å². The lowest BCUT2D eigenvalue weighted by atomic mass is 9.87. The zero-order chi connectivity index (χ0) is 20.8. The summed E-state index contributed by atoms with van der Waals surface area (Å²) in [6.45, 7) is 0. The van der Waals surface area contributed by atoms with Gasteiger partial charge in [0.25, 0.3) is 0 Å². The lowest BCUT2D eigenvalue weighted by molar-refractivity contribution is 0.390. The van der Waals surface area contributed by atoms with Gasteiger partial charge in [0, 0.05) is 49.5 Å². The van der Waals surface area contributed by atoms with E-state index in [2.05, 4.69) is 43.0 Å². The summed E-state index contributed by atoms with van der Waals surface area (Å²) in [7, 11) is 3.66. The average molecular weight is 397 g/mol. The number of anilines is 2. The lowest BCUT2D eigenvalue weighted by Crippen LogP contribution is -2.16. The second kappa shape index (κ2) is 9.13.